The highest BCUT2D eigenvalue weighted by Gasteiger charge is 2.16. The van der Waals surface area contributed by atoms with Gasteiger partial charge in [0.2, 0.25) is 6.79 Å². The van der Waals surface area contributed by atoms with Crippen molar-refractivity contribution in [3.63, 3.8) is 0 Å². The Kier molecular flexibility index (Phi) is 3.86. The number of hydrogen-bond acceptors (Lipinski definition) is 4. The molecule has 0 spiro atoms. The monoisotopic (exact) mass is 309 g/mol. The maximum absolute atomic E-state index is 13.1. The van der Waals surface area contributed by atoms with E-state index in [-0.39, 0.29) is 17.6 Å². The molecular weight excluding hydrogens is 297 g/mol. The summed E-state index contributed by atoms with van der Waals surface area (Å²) in [5.74, 6) is 0.869. The van der Waals surface area contributed by atoms with E-state index in [1.54, 1.807) is 18.2 Å². The van der Waals surface area contributed by atoms with Gasteiger partial charge in [-0.25, -0.2) is 4.39 Å². The minimum Gasteiger partial charge on any atom is -0.507 e. The zero-order valence-corrected chi connectivity index (χ0v) is 11.8. The van der Waals surface area contributed by atoms with Crippen LogP contribution in [0.4, 0.5) is 4.39 Å². The van der Waals surface area contributed by atoms with Crippen molar-refractivity contribution in [3.8, 4) is 17.2 Å². The van der Waals surface area contributed by atoms with Gasteiger partial charge in [-0.2, -0.15) is 0 Å². The van der Waals surface area contributed by atoms with Crippen molar-refractivity contribution in [1.82, 2.24) is 5.32 Å². The summed E-state index contributed by atoms with van der Waals surface area (Å²) in [6.07, 6.45) is 0. The zero-order valence-electron chi connectivity index (χ0n) is 11.0. The minimum atomic E-state index is -0.436. The molecule has 0 bridgehead atoms. The highest BCUT2D eigenvalue weighted by Crippen LogP contribution is 2.37. The largest absolute Gasteiger partial charge is 0.507 e. The number of halogens is 2. The highest BCUT2D eigenvalue weighted by atomic mass is 35.5. The molecule has 1 aliphatic heterocycles. The number of hydrogen-bond donors (Lipinski definition) is 2. The van der Waals surface area contributed by atoms with E-state index < -0.39 is 5.82 Å². The van der Waals surface area contributed by atoms with Gasteiger partial charge in [0.05, 0.1) is 5.02 Å². The molecule has 2 aromatic rings. The summed E-state index contributed by atoms with van der Waals surface area (Å²) in [5.41, 5.74) is 1.56. The Morgan fingerprint density at radius 2 is 1.90 bits per heavy atom. The Balaban J connectivity index is 1.64. The molecule has 2 aromatic carbocycles. The first-order valence-electron chi connectivity index (χ1n) is 6.39. The van der Waals surface area contributed by atoms with Crippen LogP contribution < -0.4 is 14.8 Å². The van der Waals surface area contributed by atoms with Crippen molar-refractivity contribution < 1.29 is 19.0 Å². The molecule has 0 atom stereocenters. The van der Waals surface area contributed by atoms with Crippen LogP contribution in [0.25, 0.3) is 0 Å². The van der Waals surface area contributed by atoms with E-state index in [9.17, 15) is 9.50 Å². The molecule has 21 heavy (non-hydrogen) atoms. The van der Waals surface area contributed by atoms with Gasteiger partial charge in [0.1, 0.15) is 11.6 Å². The molecule has 0 fully saturated rings. The quantitative estimate of drug-likeness (QED) is 0.910. The number of nitrogens with one attached hydrogen (secondary N) is 1. The van der Waals surface area contributed by atoms with E-state index in [4.69, 9.17) is 21.1 Å². The van der Waals surface area contributed by atoms with Crippen LogP contribution in [0, 0.1) is 5.82 Å². The molecule has 1 heterocycles. The lowest BCUT2D eigenvalue weighted by Gasteiger charge is -2.08. The summed E-state index contributed by atoms with van der Waals surface area (Å²) in [6.45, 7) is 1.12. The van der Waals surface area contributed by atoms with Gasteiger partial charge in [0, 0.05) is 24.7 Å². The summed E-state index contributed by atoms with van der Waals surface area (Å²) in [5, 5.41) is 13.2. The average molecular weight is 310 g/mol. The molecule has 110 valence electrons. The van der Waals surface area contributed by atoms with Crippen molar-refractivity contribution in [2.24, 2.45) is 0 Å². The van der Waals surface area contributed by atoms with Crippen LogP contribution in [0.3, 0.4) is 0 Å². The average Bonchev–Trinajstić information content (AvgIpc) is 2.90. The van der Waals surface area contributed by atoms with Crippen LogP contribution in [0.2, 0.25) is 5.02 Å². The van der Waals surface area contributed by atoms with Crippen LogP contribution in [0.15, 0.2) is 30.3 Å². The molecule has 6 heteroatoms. The van der Waals surface area contributed by atoms with Gasteiger partial charge in [-0.15, -0.1) is 0 Å². The van der Waals surface area contributed by atoms with Crippen molar-refractivity contribution >= 4 is 11.6 Å². The zero-order chi connectivity index (χ0) is 14.8. The van der Waals surface area contributed by atoms with Crippen molar-refractivity contribution in [3.05, 3.63) is 52.3 Å². The standard InChI is InChI=1S/C15H13ClFNO3/c16-11-3-9(1-2-12(11)17)6-18-7-10-4-14-15(5-13(10)19)21-8-20-14/h1-5,18-19H,6-8H2. The number of phenols is 1. The first kappa shape index (κ1) is 14.0. The maximum atomic E-state index is 13.1. The van der Waals surface area contributed by atoms with Gasteiger partial charge in [-0.05, 0) is 23.8 Å². The van der Waals surface area contributed by atoms with Gasteiger partial charge in [0.25, 0.3) is 0 Å². The molecule has 0 aliphatic carbocycles. The third-order valence-electron chi connectivity index (χ3n) is 3.20. The molecule has 0 radical (unpaired) electrons. The Morgan fingerprint density at radius 3 is 2.67 bits per heavy atom. The molecular formula is C15H13ClFNO3. The number of fused-ring (bicyclic) bond motifs is 1. The molecule has 0 aromatic heterocycles. The van der Waals surface area contributed by atoms with Crippen molar-refractivity contribution in [1.29, 1.82) is 0 Å². The second-order valence-corrected chi connectivity index (χ2v) is 5.09. The SMILES string of the molecule is Oc1cc2c(cc1CNCc1ccc(F)c(Cl)c1)OCO2. The molecule has 2 N–H and O–H groups in total. The fourth-order valence-corrected chi connectivity index (χ4v) is 2.31. The van der Waals surface area contributed by atoms with Gasteiger partial charge >= 0.3 is 0 Å². The van der Waals surface area contributed by atoms with Crippen LogP contribution in [-0.2, 0) is 13.1 Å². The molecule has 3 rings (SSSR count). The predicted molar refractivity (Wildman–Crippen MR) is 76.2 cm³/mol. The Labute approximate surface area is 126 Å². The fraction of sp³-hybridized carbons (Fsp3) is 0.200. The molecule has 4 nitrogen and oxygen atoms in total. The van der Waals surface area contributed by atoms with E-state index in [0.717, 1.165) is 5.56 Å². The molecule has 0 saturated carbocycles. The fourth-order valence-electron chi connectivity index (χ4n) is 2.11. The normalized spacial score (nSPS) is 12.7. The van der Waals surface area contributed by atoms with E-state index in [0.29, 0.717) is 30.2 Å². The third-order valence-corrected chi connectivity index (χ3v) is 3.49. The van der Waals surface area contributed by atoms with Gasteiger partial charge in [-0.1, -0.05) is 17.7 Å². The van der Waals surface area contributed by atoms with E-state index in [1.165, 1.54) is 12.1 Å². The van der Waals surface area contributed by atoms with Crippen LogP contribution in [0.1, 0.15) is 11.1 Å². The number of rotatable bonds is 4. The summed E-state index contributed by atoms with van der Waals surface area (Å²) < 4.78 is 23.5. The second kappa shape index (κ2) is 5.79. The Bertz CT molecular complexity index is 678. The first-order valence-corrected chi connectivity index (χ1v) is 6.77. The van der Waals surface area contributed by atoms with Gasteiger partial charge < -0.3 is 19.9 Å². The number of aromatic hydroxyl groups is 1. The first-order chi connectivity index (χ1) is 10.1. The van der Waals surface area contributed by atoms with Crippen LogP contribution >= 0.6 is 11.6 Å². The number of ether oxygens (including phenoxy) is 2. The molecule has 0 saturated heterocycles. The summed E-state index contributed by atoms with van der Waals surface area (Å²) >= 11 is 5.73. The third kappa shape index (κ3) is 3.04. The van der Waals surface area contributed by atoms with Crippen molar-refractivity contribution in [2.75, 3.05) is 6.79 Å². The van der Waals surface area contributed by atoms with E-state index in [2.05, 4.69) is 5.32 Å². The highest BCUT2D eigenvalue weighted by molar-refractivity contribution is 6.30. The number of benzene rings is 2. The van der Waals surface area contributed by atoms with E-state index in [1.807, 2.05) is 0 Å². The maximum Gasteiger partial charge on any atom is 0.231 e. The lowest BCUT2D eigenvalue weighted by molar-refractivity contribution is 0.174. The van der Waals surface area contributed by atoms with E-state index >= 15 is 0 Å². The van der Waals surface area contributed by atoms with Crippen LogP contribution in [-0.4, -0.2) is 11.9 Å². The summed E-state index contributed by atoms with van der Waals surface area (Å²) in [6, 6.07) is 7.84. The molecule has 0 unspecified atom stereocenters. The second-order valence-electron chi connectivity index (χ2n) is 4.69. The lowest BCUT2D eigenvalue weighted by Crippen LogP contribution is -2.12. The van der Waals surface area contributed by atoms with Gasteiger partial charge in [-0.3, -0.25) is 0 Å². The summed E-state index contributed by atoms with van der Waals surface area (Å²) in [7, 11) is 0. The minimum absolute atomic E-state index is 0.0974. The lowest BCUT2D eigenvalue weighted by atomic mass is 10.1. The summed E-state index contributed by atoms with van der Waals surface area (Å²) in [4.78, 5) is 0. The number of phenolic OH excluding ortho intramolecular Hbond substituents is 1. The molecule has 1 aliphatic rings. The van der Waals surface area contributed by atoms with Gasteiger partial charge in [0.15, 0.2) is 11.5 Å². The predicted octanol–water partition coefficient (Wildman–Crippen LogP) is 3.20. The Morgan fingerprint density at radius 1 is 1.14 bits per heavy atom. The topological polar surface area (TPSA) is 50.7 Å². The van der Waals surface area contributed by atoms with Crippen LogP contribution in [0.5, 0.6) is 17.2 Å². The Hall–Kier alpha value is -1.98. The molecule has 0 amide bonds. The van der Waals surface area contributed by atoms with Crippen molar-refractivity contribution in [2.45, 2.75) is 13.1 Å². The smallest absolute Gasteiger partial charge is 0.231 e.